The molecule has 0 aliphatic carbocycles. The van der Waals surface area contributed by atoms with E-state index in [2.05, 4.69) is 35.1 Å². The van der Waals surface area contributed by atoms with Gasteiger partial charge in [0.1, 0.15) is 5.82 Å². The van der Waals surface area contributed by atoms with Crippen LogP contribution in [0, 0.1) is 11.7 Å². The molecule has 0 fully saturated rings. The fourth-order valence-corrected chi connectivity index (χ4v) is 2.01. The van der Waals surface area contributed by atoms with Gasteiger partial charge >= 0.3 is 0 Å². The van der Waals surface area contributed by atoms with Crippen molar-refractivity contribution in [2.75, 3.05) is 13.1 Å². The van der Waals surface area contributed by atoms with Crippen LogP contribution < -0.4 is 5.32 Å². The maximum atomic E-state index is 13.5. The number of hydrogen-bond acceptors (Lipinski definition) is 1. The Labute approximate surface area is 112 Å². The molecule has 17 heavy (non-hydrogen) atoms. The van der Waals surface area contributed by atoms with Crippen molar-refractivity contribution in [3.8, 4) is 0 Å². The minimum atomic E-state index is -0.102. The number of unbranched alkanes of at least 4 members (excludes halogenated alkanes) is 1. The van der Waals surface area contributed by atoms with E-state index in [4.69, 9.17) is 0 Å². The molecule has 1 aromatic carbocycles. The quantitative estimate of drug-likeness (QED) is 0.746. The molecule has 0 saturated heterocycles. The molecular weight excluding hydrogens is 281 g/mol. The van der Waals surface area contributed by atoms with Gasteiger partial charge in [0.15, 0.2) is 0 Å². The molecule has 0 spiro atoms. The standard InChI is InChI=1S/C14H21BrFN/c1-11(2)10-17-8-4-3-5-12-6-7-13(15)9-14(12)16/h6-7,9,11,17H,3-5,8,10H2,1-2H3. The van der Waals surface area contributed by atoms with Crippen molar-refractivity contribution in [2.24, 2.45) is 5.92 Å². The summed E-state index contributed by atoms with van der Waals surface area (Å²) in [6, 6.07) is 5.29. The van der Waals surface area contributed by atoms with Gasteiger partial charge in [-0.2, -0.15) is 0 Å². The molecule has 0 atom stereocenters. The Hall–Kier alpha value is -0.410. The van der Waals surface area contributed by atoms with E-state index in [-0.39, 0.29) is 5.82 Å². The number of hydrogen-bond donors (Lipinski definition) is 1. The molecule has 0 bridgehead atoms. The van der Waals surface area contributed by atoms with E-state index in [9.17, 15) is 4.39 Å². The van der Waals surface area contributed by atoms with E-state index in [0.717, 1.165) is 42.4 Å². The molecule has 0 aliphatic rings. The first-order valence-electron chi connectivity index (χ1n) is 6.24. The van der Waals surface area contributed by atoms with E-state index < -0.39 is 0 Å². The lowest BCUT2D eigenvalue weighted by Crippen LogP contribution is -2.20. The van der Waals surface area contributed by atoms with Gasteiger partial charge in [0.05, 0.1) is 0 Å². The third-order valence-corrected chi connectivity index (χ3v) is 3.11. The molecule has 0 saturated carbocycles. The zero-order valence-electron chi connectivity index (χ0n) is 10.6. The van der Waals surface area contributed by atoms with Gasteiger partial charge in [-0.25, -0.2) is 4.39 Å². The molecule has 0 heterocycles. The summed E-state index contributed by atoms with van der Waals surface area (Å²) in [4.78, 5) is 0. The highest BCUT2D eigenvalue weighted by Crippen LogP contribution is 2.16. The van der Waals surface area contributed by atoms with Crippen LogP contribution in [0.4, 0.5) is 4.39 Å². The van der Waals surface area contributed by atoms with Crippen LogP contribution in [0.3, 0.4) is 0 Å². The first-order chi connectivity index (χ1) is 8.09. The second-order valence-corrected chi connectivity index (χ2v) is 5.71. The predicted molar refractivity (Wildman–Crippen MR) is 74.7 cm³/mol. The Balaban J connectivity index is 2.18. The number of aryl methyl sites for hydroxylation is 1. The summed E-state index contributed by atoms with van der Waals surface area (Å²) < 4.78 is 14.3. The maximum Gasteiger partial charge on any atom is 0.127 e. The predicted octanol–water partition coefficient (Wildman–Crippen LogP) is 4.16. The van der Waals surface area contributed by atoms with Crippen LogP contribution >= 0.6 is 15.9 Å². The van der Waals surface area contributed by atoms with Gasteiger partial charge in [-0.15, -0.1) is 0 Å². The number of halogens is 2. The van der Waals surface area contributed by atoms with Gasteiger partial charge < -0.3 is 5.32 Å². The highest BCUT2D eigenvalue weighted by atomic mass is 79.9. The Kier molecular flexibility index (Phi) is 6.75. The highest BCUT2D eigenvalue weighted by Gasteiger charge is 2.02. The van der Waals surface area contributed by atoms with E-state index in [1.54, 1.807) is 0 Å². The van der Waals surface area contributed by atoms with Gasteiger partial charge in [-0.3, -0.25) is 0 Å². The summed E-state index contributed by atoms with van der Waals surface area (Å²) in [5.74, 6) is 0.591. The summed E-state index contributed by atoms with van der Waals surface area (Å²) in [5.41, 5.74) is 0.817. The molecule has 1 N–H and O–H groups in total. The summed E-state index contributed by atoms with van der Waals surface area (Å²) >= 11 is 3.26. The van der Waals surface area contributed by atoms with Crippen molar-refractivity contribution in [1.82, 2.24) is 5.32 Å². The van der Waals surface area contributed by atoms with Crippen molar-refractivity contribution in [3.05, 3.63) is 34.1 Å². The summed E-state index contributed by atoms with van der Waals surface area (Å²) in [6.45, 7) is 6.48. The molecule has 1 rings (SSSR count). The topological polar surface area (TPSA) is 12.0 Å². The van der Waals surface area contributed by atoms with E-state index in [1.165, 1.54) is 6.07 Å². The minimum Gasteiger partial charge on any atom is -0.316 e. The second kappa shape index (κ2) is 7.83. The first-order valence-corrected chi connectivity index (χ1v) is 7.03. The van der Waals surface area contributed by atoms with Crippen molar-refractivity contribution < 1.29 is 4.39 Å². The van der Waals surface area contributed by atoms with E-state index in [1.807, 2.05) is 12.1 Å². The molecule has 0 aromatic heterocycles. The Morgan fingerprint density at radius 1 is 1.29 bits per heavy atom. The van der Waals surface area contributed by atoms with Gasteiger partial charge in [-0.1, -0.05) is 35.8 Å². The minimum absolute atomic E-state index is 0.102. The Morgan fingerprint density at radius 3 is 2.71 bits per heavy atom. The van der Waals surface area contributed by atoms with Gasteiger partial charge in [0.25, 0.3) is 0 Å². The summed E-state index contributed by atoms with van der Waals surface area (Å²) in [7, 11) is 0. The van der Waals surface area contributed by atoms with Crippen molar-refractivity contribution in [1.29, 1.82) is 0 Å². The molecule has 96 valence electrons. The third-order valence-electron chi connectivity index (χ3n) is 2.62. The monoisotopic (exact) mass is 301 g/mol. The fraction of sp³-hybridized carbons (Fsp3) is 0.571. The Bertz CT molecular complexity index is 339. The van der Waals surface area contributed by atoms with Crippen LogP contribution in [0.25, 0.3) is 0 Å². The van der Waals surface area contributed by atoms with Crippen LogP contribution in [0.1, 0.15) is 32.3 Å². The van der Waals surface area contributed by atoms with E-state index >= 15 is 0 Å². The number of benzene rings is 1. The SMILES string of the molecule is CC(C)CNCCCCc1ccc(Br)cc1F. The zero-order valence-corrected chi connectivity index (χ0v) is 12.2. The zero-order chi connectivity index (χ0) is 12.7. The van der Waals surface area contributed by atoms with Crippen LogP contribution in [-0.4, -0.2) is 13.1 Å². The molecule has 1 aromatic rings. The van der Waals surface area contributed by atoms with Gasteiger partial charge in [-0.05, 0) is 56.0 Å². The molecule has 1 nitrogen and oxygen atoms in total. The summed E-state index contributed by atoms with van der Waals surface area (Å²) in [5, 5.41) is 3.39. The highest BCUT2D eigenvalue weighted by molar-refractivity contribution is 9.10. The number of rotatable bonds is 7. The van der Waals surface area contributed by atoms with Crippen molar-refractivity contribution >= 4 is 15.9 Å². The van der Waals surface area contributed by atoms with Crippen LogP contribution in [0.15, 0.2) is 22.7 Å². The average molecular weight is 302 g/mol. The lowest BCUT2D eigenvalue weighted by Gasteiger charge is -2.07. The van der Waals surface area contributed by atoms with Crippen molar-refractivity contribution in [3.63, 3.8) is 0 Å². The lowest BCUT2D eigenvalue weighted by atomic mass is 10.1. The largest absolute Gasteiger partial charge is 0.316 e. The third kappa shape index (κ3) is 6.18. The van der Waals surface area contributed by atoms with Crippen LogP contribution in [0.2, 0.25) is 0 Å². The smallest absolute Gasteiger partial charge is 0.127 e. The maximum absolute atomic E-state index is 13.5. The van der Waals surface area contributed by atoms with Gasteiger partial charge in [0, 0.05) is 4.47 Å². The van der Waals surface area contributed by atoms with Crippen LogP contribution in [-0.2, 0) is 6.42 Å². The normalized spacial score (nSPS) is 11.1. The molecule has 0 amide bonds. The molecule has 0 aliphatic heterocycles. The van der Waals surface area contributed by atoms with Gasteiger partial charge in [0.2, 0.25) is 0 Å². The molecule has 0 unspecified atom stereocenters. The first kappa shape index (κ1) is 14.7. The lowest BCUT2D eigenvalue weighted by molar-refractivity contribution is 0.532. The Morgan fingerprint density at radius 2 is 2.06 bits per heavy atom. The average Bonchev–Trinajstić information content (AvgIpc) is 2.25. The molecule has 0 radical (unpaired) electrons. The molecule has 3 heteroatoms. The fourth-order valence-electron chi connectivity index (χ4n) is 1.68. The van der Waals surface area contributed by atoms with Crippen molar-refractivity contribution in [2.45, 2.75) is 33.1 Å². The van der Waals surface area contributed by atoms with Crippen LogP contribution in [0.5, 0.6) is 0 Å². The summed E-state index contributed by atoms with van der Waals surface area (Å²) in [6.07, 6.45) is 2.95. The number of nitrogens with one attached hydrogen (secondary N) is 1. The molecular formula is C14H21BrFN. The second-order valence-electron chi connectivity index (χ2n) is 4.79. The van der Waals surface area contributed by atoms with E-state index in [0.29, 0.717) is 5.92 Å².